The van der Waals surface area contributed by atoms with Crippen LogP contribution in [0.2, 0.25) is 5.02 Å². The van der Waals surface area contributed by atoms with Crippen molar-refractivity contribution < 1.29 is 18.8 Å². The lowest BCUT2D eigenvalue weighted by molar-refractivity contribution is -0.907. The van der Waals surface area contributed by atoms with E-state index in [0.717, 1.165) is 10.5 Å². The molecule has 0 heterocycles. The van der Waals surface area contributed by atoms with Crippen molar-refractivity contribution in [2.75, 3.05) is 19.5 Å². The monoisotopic (exact) mass is 351 g/mol. The summed E-state index contributed by atoms with van der Waals surface area (Å²) in [5, 5.41) is 3.37. The van der Waals surface area contributed by atoms with E-state index >= 15 is 0 Å². The highest BCUT2D eigenvalue weighted by atomic mass is 35.5. The lowest BCUT2D eigenvalue weighted by Gasteiger charge is -2.21. The largest absolute Gasteiger partial charge is 0.495 e. The predicted molar refractivity (Wildman–Crippen MR) is 93.1 cm³/mol. The first kappa shape index (κ1) is 18.2. The fraction of sp³-hybridized carbons (Fsp3) is 0.278. The SMILES string of the molecule is COc1ccc(Cl)cc1NC(=O)[C@H](C)[NH+](C)Cc1ccc(F)cc1. The summed E-state index contributed by atoms with van der Waals surface area (Å²) in [5.41, 5.74) is 1.50. The molecule has 2 aromatic carbocycles. The van der Waals surface area contributed by atoms with Gasteiger partial charge >= 0.3 is 0 Å². The summed E-state index contributed by atoms with van der Waals surface area (Å²) >= 11 is 5.98. The summed E-state index contributed by atoms with van der Waals surface area (Å²) in [7, 11) is 3.46. The first-order valence-corrected chi connectivity index (χ1v) is 7.99. The molecule has 0 aromatic heterocycles. The minimum Gasteiger partial charge on any atom is -0.495 e. The summed E-state index contributed by atoms with van der Waals surface area (Å²) in [5.74, 6) is 0.140. The first-order chi connectivity index (χ1) is 11.4. The number of hydrogen-bond acceptors (Lipinski definition) is 2. The van der Waals surface area contributed by atoms with E-state index in [9.17, 15) is 9.18 Å². The quantitative estimate of drug-likeness (QED) is 0.840. The van der Waals surface area contributed by atoms with Crippen molar-refractivity contribution >= 4 is 23.2 Å². The van der Waals surface area contributed by atoms with Crippen LogP contribution >= 0.6 is 11.6 Å². The van der Waals surface area contributed by atoms with Gasteiger partial charge in [-0.1, -0.05) is 23.7 Å². The van der Waals surface area contributed by atoms with Crippen LogP contribution in [0.15, 0.2) is 42.5 Å². The zero-order chi connectivity index (χ0) is 17.7. The van der Waals surface area contributed by atoms with Gasteiger partial charge in [0.05, 0.1) is 19.8 Å². The molecule has 4 nitrogen and oxygen atoms in total. The number of quaternary nitrogens is 1. The number of carbonyl (C=O) groups excluding carboxylic acids is 1. The molecule has 0 aliphatic rings. The number of amides is 1. The Bertz CT molecular complexity index is 707. The predicted octanol–water partition coefficient (Wildman–Crippen LogP) is 2.53. The molecule has 1 unspecified atom stereocenters. The van der Waals surface area contributed by atoms with Gasteiger partial charge in [-0.05, 0) is 37.3 Å². The minimum atomic E-state index is -0.307. The van der Waals surface area contributed by atoms with Crippen LogP contribution in [0.3, 0.4) is 0 Å². The van der Waals surface area contributed by atoms with Crippen LogP contribution in [0.1, 0.15) is 12.5 Å². The Hall–Kier alpha value is -2.11. The van der Waals surface area contributed by atoms with Crippen LogP contribution in [0, 0.1) is 5.82 Å². The van der Waals surface area contributed by atoms with Crippen LogP contribution < -0.4 is 15.0 Å². The minimum absolute atomic E-state index is 0.143. The molecular weight excluding hydrogens is 331 g/mol. The smallest absolute Gasteiger partial charge is 0.282 e. The summed E-state index contributed by atoms with van der Waals surface area (Å²) in [6, 6.07) is 11.0. The van der Waals surface area contributed by atoms with Crippen LogP contribution in [0.5, 0.6) is 5.75 Å². The Kier molecular flexibility index (Phi) is 6.17. The Labute approximate surface area is 146 Å². The van der Waals surface area contributed by atoms with Crippen molar-refractivity contribution in [3.63, 3.8) is 0 Å². The molecule has 6 heteroatoms. The van der Waals surface area contributed by atoms with Gasteiger partial charge in [0.1, 0.15) is 18.1 Å². The van der Waals surface area contributed by atoms with Gasteiger partial charge in [0.15, 0.2) is 6.04 Å². The molecule has 0 saturated heterocycles. The molecule has 0 bridgehead atoms. The van der Waals surface area contributed by atoms with Crippen LogP contribution in [-0.4, -0.2) is 26.1 Å². The number of benzene rings is 2. The number of anilines is 1. The maximum absolute atomic E-state index is 13.0. The van der Waals surface area contributed by atoms with Crippen molar-refractivity contribution in [2.24, 2.45) is 0 Å². The fourth-order valence-corrected chi connectivity index (χ4v) is 2.49. The third-order valence-electron chi connectivity index (χ3n) is 3.95. The summed E-state index contributed by atoms with van der Waals surface area (Å²) in [4.78, 5) is 13.5. The van der Waals surface area contributed by atoms with Crippen molar-refractivity contribution in [3.05, 3.63) is 58.9 Å². The van der Waals surface area contributed by atoms with Gasteiger partial charge in [-0.3, -0.25) is 4.79 Å². The van der Waals surface area contributed by atoms with E-state index in [-0.39, 0.29) is 17.8 Å². The second kappa shape index (κ2) is 8.13. The van der Waals surface area contributed by atoms with E-state index in [1.165, 1.54) is 19.2 Å². The third-order valence-corrected chi connectivity index (χ3v) is 4.18. The third kappa shape index (κ3) is 4.69. The summed E-state index contributed by atoms with van der Waals surface area (Å²) in [6.45, 7) is 2.45. The Morgan fingerprint density at radius 1 is 1.29 bits per heavy atom. The van der Waals surface area contributed by atoms with E-state index in [2.05, 4.69) is 5.32 Å². The highest BCUT2D eigenvalue weighted by Crippen LogP contribution is 2.27. The van der Waals surface area contributed by atoms with Gasteiger partial charge in [-0.25, -0.2) is 4.39 Å². The maximum Gasteiger partial charge on any atom is 0.282 e. The average molecular weight is 352 g/mol. The van der Waals surface area contributed by atoms with Gasteiger partial charge < -0.3 is 15.0 Å². The van der Waals surface area contributed by atoms with Gasteiger partial charge in [0.25, 0.3) is 5.91 Å². The van der Waals surface area contributed by atoms with E-state index in [0.29, 0.717) is 23.0 Å². The molecule has 2 atom stereocenters. The molecule has 2 aromatic rings. The molecule has 1 amide bonds. The Morgan fingerprint density at radius 3 is 2.58 bits per heavy atom. The molecule has 0 saturated carbocycles. The van der Waals surface area contributed by atoms with Crippen LogP contribution in [-0.2, 0) is 11.3 Å². The zero-order valence-electron chi connectivity index (χ0n) is 13.9. The van der Waals surface area contributed by atoms with Crippen molar-refractivity contribution in [2.45, 2.75) is 19.5 Å². The van der Waals surface area contributed by atoms with E-state index in [4.69, 9.17) is 16.3 Å². The van der Waals surface area contributed by atoms with E-state index in [1.807, 2.05) is 14.0 Å². The van der Waals surface area contributed by atoms with Gasteiger partial charge in [-0.2, -0.15) is 0 Å². The second-order valence-corrected chi connectivity index (χ2v) is 6.14. The lowest BCUT2D eigenvalue weighted by Crippen LogP contribution is -3.12. The van der Waals surface area contributed by atoms with E-state index in [1.54, 1.807) is 30.3 Å². The molecule has 0 aliphatic heterocycles. The van der Waals surface area contributed by atoms with Gasteiger partial charge in [0.2, 0.25) is 0 Å². The molecule has 0 aliphatic carbocycles. The zero-order valence-corrected chi connectivity index (χ0v) is 14.7. The number of halogens is 2. The summed E-state index contributed by atoms with van der Waals surface area (Å²) < 4.78 is 18.2. The topological polar surface area (TPSA) is 42.8 Å². The Morgan fingerprint density at radius 2 is 1.96 bits per heavy atom. The molecule has 2 N–H and O–H groups in total. The second-order valence-electron chi connectivity index (χ2n) is 5.71. The number of nitrogens with one attached hydrogen (secondary N) is 2. The average Bonchev–Trinajstić information content (AvgIpc) is 2.56. The number of ether oxygens (including phenoxy) is 1. The molecule has 128 valence electrons. The van der Waals surface area contributed by atoms with Crippen molar-refractivity contribution in [1.82, 2.24) is 0 Å². The molecular formula is C18H21ClFN2O2+. The number of hydrogen-bond donors (Lipinski definition) is 2. The van der Waals surface area contributed by atoms with Crippen molar-refractivity contribution in [1.29, 1.82) is 0 Å². The number of methoxy groups -OCH3 is 1. The van der Waals surface area contributed by atoms with Gasteiger partial charge in [-0.15, -0.1) is 0 Å². The maximum atomic E-state index is 13.0. The normalized spacial score (nSPS) is 13.2. The van der Waals surface area contributed by atoms with Crippen LogP contribution in [0.4, 0.5) is 10.1 Å². The lowest BCUT2D eigenvalue weighted by atomic mass is 10.2. The number of rotatable bonds is 6. The van der Waals surface area contributed by atoms with Crippen molar-refractivity contribution in [3.8, 4) is 5.75 Å². The number of likely N-dealkylation sites (N-methyl/N-ethyl adjacent to an activating group) is 1. The highest BCUT2D eigenvalue weighted by Gasteiger charge is 2.23. The molecule has 0 spiro atoms. The van der Waals surface area contributed by atoms with Crippen LogP contribution in [0.25, 0.3) is 0 Å². The first-order valence-electron chi connectivity index (χ1n) is 7.62. The molecule has 0 fully saturated rings. The standard InChI is InChI=1S/C18H20ClFN2O2/c1-12(22(2)11-13-4-7-15(20)8-5-13)18(23)21-16-10-14(19)6-9-17(16)24-3/h4-10,12H,11H2,1-3H3,(H,21,23)/p+1/t12-/m0/s1. The van der Waals surface area contributed by atoms with Gasteiger partial charge in [0, 0.05) is 10.6 Å². The molecule has 24 heavy (non-hydrogen) atoms. The number of carbonyl (C=O) groups is 1. The molecule has 2 rings (SSSR count). The van der Waals surface area contributed by atoms with E-state index < -0.39 is 0 Å². The Balaban J connectivity index is 2.03. The fourth-order valence-electron chi connectivity index (χ4n) is 2.32. The summed E-state index contributed by atoms with van der Waals surface area (Å²) in [6.07, 6.45) is 0. The highest BCUT2D eigenvalue weighted by molar-refractivity contribution is 6.31. The molecule has 0 radical (unpaired) electrons.